The van der Waals surface area contributed by atoms with E-state index >= 15 is 0 Å². The van der Waals surface area contributed by atoms with Gasteiger partial charge in [0.05, 0.1) is 23.7 Å². The van der Waals surface area contributed by atoms with Gasteiger partial charge in [0, 0.05) is 10.9 Å². The Labute approximate surface area is 112 Å². The number of aromatic nitrogens is 1. The number of fused-ring (bicyclic) bond motifs is 1. The third kappa shape index (κ3) is 2.19. The van der Waals surface area contributed by atoms with Gasteiger partial charge in [0.1, 0.15) is 0 Å². The molecule has 0 atom stereocenters. The Hall–Kier alpha value is -2.66. The molecule has 0 bridgehead atoms. The van der Waals surface area contributed by atoms with Crippen molar-refractivity contribution in [1.82, 2.24) is 4.98 Å². The van der Waals surface area contributed by atoms with E-state index in [9.17, 15) is 0 Å². The zero-order valence-corrected chi connectivity index (χ0v) is 10.4. The largest absolute Gasteiger partial charge is 0.247 e. The molecule has 3 rings (SSSR count). The lowest BCUT2D eigenvalue weighted by molar-refractivity contribution is 1.23. The predicted octanol–water partition coefficient (Wildman–Crippen LogP) is 3.97. The zero-order valence-electron chi connectivity index (χ0n) is 10.4. The molecule has 0 N–H and O–H groups in total. The Bertz CT molecular complexity index is 755. The number of hydrogen-bond acceptors (Lipinski definition) is 2. The third-order valence-electron chi connectivity index (χ3n) is 3.12. The van der Waals surface area contributed by atoms with Gasteiger partial charge in [0.15, 0.2) is 0 Å². The molecule has 2 heteroatoms. The molecule has 2 nitrogen and oxygen atoms in total. The Morgan fingerprint density at radius 2 is 1.68 bits per heavy atom. The number of pyridine rings is 1. The van der Waals surface area contributed by atoms with Crippen molar-refractivity contribution < 1.29 is 0 Å². The molecule has 1 aromatic heterocycles. The first-order chi connectivity index (χ1) is 9.38. The van der Waals surface area contributed by atoms with Crippen LogP contribution in [-0.2, 0) is 6.42 Å². The first-order valence-corrected chi connectivity index (χ1v) is 6.19. The fraction of sp³-hybridized carbons (Fsp3) is 0.0588. The van der Waals surface area contributed by atoms with E-state index in [1.54, 1.807) is 0 Å². The molecule has 0 aliphatic heterocycles. The van der Waals surface area contributed by atoms with Gasteiger partial charge >= 0.3 is 0 Å². The van der Waals surface area contributed by atoms with Crippen LogP contribution in [0.15, 0.2) is 60.7 Å². The molecule has 90 valence electrons. The highest BCUT2D eigenvalue weighted by atomic mass is 14.7. The number of nitriles is 1. The number of para-hydroxylation sites is 1. The summed E-state index contributed by atoms with van der Waals surface area (Å²) < 4.78 is 0. The molecule has 0 radical (unpaired) electrons. The maximum absolute atomic E-state index is 8.99. The van der Waals surface area contributed by atoms with Gasteiger partial charge in [-0.1, -0.05) is 48.5 Å². The molecule has 0 saturated carbocycles. The average molecular weight is 244 g/mol. The van der Waals surface area contributed by atoms with E-state index in [1.807, 2.05) is 54.6 Å². The van der Waals surface area contributed by atoms with Crippen LogP contribution in [0.2, 0.25) is 0 Å². The fourth-order valence-electron chi connectivity index (χ4n) is 2.23. The van der Waals surface area contributed by atoms with Crippen molar-refractivity contribution >= 4 is 10.9 Å². The van der Waals surface area contributed by atoms with Crippen molar-refractivity contribution in [2.24, 2.45) is 0 Å². The number of nitrogens with zero attached hydrogens (tertiary/aromatic N) is 2. The van der Waals surface area contributed by atoms with E-state index in [2.05, 4.69) is 12.1 Å². The molecular weight excluding hydrogens is 232 g/mol. The van der Waals surface area contributed by atoms with Crippen LogP contribution in [0.5, 0.6) is 0 Å². The number of rotatable bonds is 2. The lowest BCUT2D eigenvalue weighted by Crippen LogP contribution is -1.93. The van der Waals surface area contributed by atoms with E-state index in [4.69, 9.17) is 10.2 Å². The molecule has 0 amide bonds. The van der Waals surface area contributed by atoms with Crippen molar-refractivity contribution in [2.75, 3.05) is 0 Å². The summed E-state index contributed by atoms with van der Waals surface area (Å²) in [6, 6.07) is 22.3. The highest BCUT2D eigenvalue weighted by molar-refractivity contribution is 5.83. The first kappa shape index (κ1) is 11.4. The quantitative estimate of drug-likeness (QED) is 0.684. The summed E-state index contributed by atoms with van der Waals surface area (Å²) >= 11 is 0. The second-order valence-electron chi connectivity index (χ2n) is 4.39. The van der Waals surface area contributed by atoms with Gasteiger partial charge in [0.25, 0.3) is 0 Å². The summed E-state index contributed by atoms with van der Waals surface area (Å²) in [4.78, 5) is 4.71. The van der Waals surface area contributed by atoms with Crippen molar-refractivity contribution in [1.29, 1.82) is 5.26 Å². The van der Waals surface area contributed by atoms with Gasteiger partial charge < -0.3 is 0 Å². The molecule has 0 fully saturated rings. The van der Waals surface area contributed by atoms with Gasteiger partial charge in [-0.15, -0.1) is 0 Å². The standard InChI is InChI=1S/C17H12N2/c18-11-10-15-12-14-8-4-5-9-16(14)19-17(15)13-6-2-1-3-7-13/h1-9,12H,10H2. The minimum absolute atomic E-state index is 0.377. The van der Waals surface area contributed by atoms with E-state index < -0.39 is 0 Å². The molecule has 0 aliphatic carbocycles. The maximum atomic E-state index is 8.99. The lowest BCUT2D eigenvalue weighted by atomic mass is 10.0. The molecule has 0 spiro atoms. The van der Waals surface area contributed by atoms with E-state index in [0.717, 1.165) is 27.7 Å². The van der Waals surface area contributed by atoms with Crippen LogP contribution in [0.3, 0.4) is 0 Å². The summed E-state index contributed by atoms with van der Waals surface area (Å²) in [5, 5.41) is 10.1. The van der Waals surface area contributed by atoms with Crippen LogP contribution in [0, 0.1) is 11.3 Å². The number of benzene rings is 2. The van der Waals surface area contributed by atoms with E-state index in [-0.39, 0.29) is 0 Å². The van der Waals surface area contributed by atoms with Crippen LogP contribution in [0.4, 0.5) is 0 Å². The summed E-state index contributed by atoms with van der Waals surface area (Å²) in [5.41, 5.74) is 3.90. The topological polar surface area (TPSA) is 36.7 Å². The highest BCUT2D eigenvalue weighted by Crippen LogP contribution is 2.25. The van der Waals surface area contributed by atoms with Crippen LogP contribution >= 0.6 is 0 Å². The third-order valence-corrected chi connectivity index (χ3v) is 3.12. The first-order valence-electron chi connectivity index (χ1n) is 6.19. The van der Waals surface area contributed by atoms with Crippen molar-refractivity contribution in [2.45, 2.75) is 6.42 Å². The normalized spacial score (nSPS) is 10.3. The Morgan fingerprint density at radius 1 is 0.947 bits per heavy atom. The van der Waals surface area contributed by atoms with Crippen molar-refractivity contribution in [3.8, 4) is 17.3 Å². The fourth-order valence-corrected chi connectivity index (χ4v) is 2.23. The molecule has 0 unspecified atom stereocenters. The minimum atomic E-state index is 0.377. The van der Waals surface area contributed by atoms with Crippen molar-refractivity contribution in [3.05, 3.63) is 66.2 Å². The second kappa shape index (κ2) is 4.91. The number of hydrogen-bond donors (Lipinski definition) is 0. The monoisotopic (exact) mass is 244 g/mol. The molecule has 0 saturated heterocycles. The minimum Gasteiger partial charge on any atom is -0.247 e. The summed E-state index contributed by atoms with van der Waals surface area (Å²) in [6.07, 6.45) is 0.377. The van der Waals surface area contributed by atoms with Crippen LogP contribution in [-0.4, -0.2) is 4.98 Å². The molecule has 1 heterocycles. The Morgan fingerprint density at radius 3 is 2.47 bits per heavy atom. The highest BCUT2D eigenvalue weighted by Gasteiger charge is 2.08. The molecule has 2 aromatic carbocycles. The van der Waals surface area contributed by atoms with Crippen molar-refractivity contribution in [3.63, 3.8) is 0 Å². The van der Waals surface area contributed by atoms with E-state index in [0.29, 0.717) is 6.42 Å². The molecule has 19 heavy (non-hydrogen) atoms. The maximum Gasteiger partial charge on any atom is 0.0752 e. The summed E-state index contributed by atoms with van der Waals surface area (Å²) in [6.45, 7) is 0. The van der Waals surface area contributed by atoms with Gasteiger partial charge in [0.2, 0.25) is 0 Å². The van der Waals surface area contributed by atoms with Gasteiger partial charge in [-0.2, -0.15) is 5.26 Å². The predicted molar refractivity (Wildman–Crippen MR) is 76.5 cm³/mol. The zero-order chi connectivity index (χ0) is 13.1. The summed E-state index contributed by atoms with van der Waals surface area (Å²) in [5.74, 6) is 0. The van der Waals surface area contributed by atoms with Gasteiger partial charge in [-0.25, -0.2) is 4.98 Å². The van der Waals surface area contributed by atoms with Crippen LogP contribution in [0.1, 0.15) is 5.56 Å². The smallest absolute Gasteiger partial charge is 0.0752 e. The van der Waals surface area contributed by atoms with Gasteiger partial charge in [-0.05, 0) is 17.7 Å². The summed E-state index contributed by atoms with van der Waals surface area (Å²) in [7, 11) is 0. The Kier molecular flexibility index (Phi) is 2.96. The lowest BCUT2D eigenvalue weighted by Gasteiger charge is -2.08. The SMILES string of the molecule is N#CCc1cc2ccccc2nc1-c1ccccc1. The Balaban J connectivity index is 2.27. The van der Waals surface area contributed by atoms with E-state index in [1.165, 1.54) is 0 Å². The van der Waals surface area contributed by atoms with Gasteiger partial charge in [-0.3, -0.25) is 0 Å². The molecular formula is C17H12N2. The molecule has 0 aliphatic rings. The molecule has 3 aromatic rings. The van der Waals surface area contributed by atoms with Crippen LogP contribution < -0.4 is 0 Å². The van der Waals surface area contributed by atoms with Crippen LogP contribution in [0.25, 0.3) is 22.2 Å². The second-order valence-corrected chi connectivity index (χ2v) is 4.39. The average Bonchev–Trinajstić information content (AvgIpc) is 2.48.